The highest BCUT2D eigenvalue weighted by Crippen LogP contribution is 2.17. The van der Waals surface area contributed by atoms with E-state index in [1.807, 2.05) is 19.1 Å². The van der Waals surface area contributed by atoms with Crippen LogP contribution in [0.5, 0.6) is 5.88 Å². The Bertz CT molecular complexity index is 564. The fourth-order valence-corrected chi connectivity index (χ4v) is 2.18. The first kappa shape index (κ1) is 15.5. The Morgan fingerprint density at radius 2 is 1.76 bits per heavy atom. The van der Waals surface area contributed by atoms with E-state index in [2.05, 4.69) is 36.2 Å². The fraction of sp³-hybridized carbons (Fsp3) is 0.389. The number of nitrogens with zero attached hydrogens (tertiary/aromatic N) is 1. The monoisotopic (exact) mass is 284 g/mol. The van der Waals surface area contributed by atoms with Crippen LogP contribution in [-0.2, 0) is 19.6 Å². The molecule has 3 heteroatoms. The zero-order valence-corrected chi connectivity index (χ0v) is 12.9. The van der Waals surface area contributed by atoms with Gasteiger partial charge in [0.2, 0.25) is 5.88 Å². The summed E-state index contributed by atoms with van der Waals surface area (Å²) in [6.45, 7) is 5.14. The number of benzene rings is 1. The number of unbranched alkanes of at least 4 members (excludes halogenated alkanes) is 1. The largest absolute Gasteiger partial charge is 0.473 e. The second kappa shape index (κ2) is 7.79. The highest BCUT2D eigenvalue weighted by Gasteiger charge is 2.05. The van der Waals surface area contributed by atoms with Gasteiger partial charge in [-0.2, -0.15) is 0 Å². The minimum atomic E-state index is 0.443. The summed E-state index contributed by atoms with van der Waals surface area (Å²) in [5.74, 6) is 0.646. The van der Waals surface area contributed by atoms with E-state index in [1.54, 1.807) is 0 Å². The molecule has 0 spiro atoms. The highest BCUT2D eigenvalue weighted by molar-refractivity contribution is 5.28. The van der Waals surface area contributed by atoms with Crippen molar-refractivity contribution in [2.75, 3.05) is 0 Å². The smallest absolute Gasteiger partial charge is 0.218 e. The van der Waals surface area contributed by atoms with Crippen LogP contribution < -0.4 is 10.5 Å². The maximum atomic E-state index is 5.82. The van der Waals surface area contributed by atoms with Crippen molar-refractivity contribution in [3.63, 3.8) is 0 Å². The van der Waals surface area contributed by atoms with Crippen molar-refractivity contribution < 1.29 is 4.74 Å². The molecule has 3 nitrogen and oxygen atoms in total. The lowest BCUT2D eigenvalue weighted by Gasteiger charge is -2.10. The number of ether oxygens (including phenoxy) is 1. The van der Waals surface area contributed by atoms with E-state index in [9.17, 15) is 0 Å². The number of rotatable bonds is 7. The molecule has 0 radical (unpaired) electrons. The van der Waals surface area contributed by atoms with Gasteiger partial charge in [-0.1, -0.05) is 43.7 Å². The summed E-state index contributed by atoms with van der Waals surface area (Å²) in [5, 5.41) is 0. The quantitative estimate of drug-likeness (QED) is 0.842. The summed E-state index contributed by atoms with van der Waals surface area (Å²) in [5.41, 5.74) is 10.1. The summed E-state index contributed by atoms with van der Waals surface area (Å²) >= 11 is 0. The number of pyridine rings is 1. The zero-order valence-electron chi connectivity index (χ0n) is 12.9. The van der Waals surface area contributed by atoms with Gasteiger partial charge in [0, 0.05) is 17.8 Å². The van der Waals surface area contributed by atoms with Gasteiger partial charge in [-0.25, -0.2) is 4.98 Å². The van der Waals surface area contributed by atoms with Gasteiger partial charge >= 0.3 is 0 Å². The van der Waals surface area contributed by atoms with Crippen LogP contribution >= 0.6 is 0 Å². The predicted molar refractivity (Wildman–Crippen MR) is 86.3 cm³/mol. The van der Waals surface area contributed by atoms with E-state index in [4.69, 9.17) is 10.5 Å². The molecule has 0 bridgehead atoms. The summed E-state index contributed by atoms with van der Waals surface area (Å²) < 4.78 is 5.82. The molecule has 0 atom stereocenters. The Hall–Kier alpha value is -1.87. The third kappa shape index (κ3) is 4.57. The zero-order chi connectivity index (χ0) is 15.1. The molecule has 0 amide bonds. The summed E-state index contributed by atoms with van der Waals surface area (Å²) in [6.07, 6.45) is 3.61. The topological polar surface area (TPSA) is 48.1 Å². The molecule has 0 aliphatic heterocycles. The Morgan fingerprint density at radius 3 is 2.43 bits per heavy atom. The minimum Gasteiger partial charge on any atom is -0.473 e. The van der Waals surface area contributed by atoms with E-state index < -0.39 is 0 Å². The molecule has 0 saturated heterocycles. The Morgan fingerprint density at radius 1 is 1.05 bits per heavy atom. The molecule has 1 aromatic heterocycles. The highest BCUT2D eigenvalue weighted by atomic mass is 16.5. The second-order valence-corrected chi connectivity index (χ2v) is 5.33. The van der Waals surface area contributed by atoms with Gasteiger partial charge in [-0.3, -0.25) is 0 Å². The van der Waals surface area contributed by atoms with Gasteiger partial charge in [-0.05, 0) is 37.0 Å². The molecule has 0 unspecified atom stereocenters. The van der Waals surface area contributed by atoms with Crippen molar-refractivity contribution in [3.8, 4) is 5.88 Å². The van der Waals surface area contributed by atoms with E-state index in [0.717, 1.165) is 23.2 Å². The van der Waals surface area contributed by atoms with Crippen LogP contribution in [0.2, 0.25) is 0 Å². The van der Waals surface area contributed by atoms with E-state index in [0.29, 0.717) is 19.0 Å². The number of nitrogens with two attached hydrogens (primary N) is 1. The van der Waals surface area contributed by atoms with Crippen LogP contribution in [0.15, 0.2) is 36.4 Å². The van der Waals surface area contributed by atoms with Crippen LogP contribution in [0.25, 0.3) is 0 Å². The average molecular weight is 284 g/mol. The molecular formula is C18H24N2O. The molecule has 0 aliphatic carbocycles. The number of hydrogen-bond donors (Lipinski definition) is 1. The Labute approximate surface area is 127 Å². The van der Waals surface area contributed by atoms with Crippen molar-refractivity contribution in [3.05, 3.63) is 58.8 Å². The molecule has 2 aromatic rings. The van der Waals surface area contributed by atoms with Crippen LogP contribution in [0.4, 0.5) is 0 Å². The van der Waals surface area contributed by atoms with Crippen molar-refractivity contribution in [2.45, 2.75) is 46.3 Å². The molecule has 0 aliphatic rings. The Kier molecular flexibility index (Phi) is 5.76. The maximum absolute atomic E-state index is 5.82. The number of aromatic nitrogens is 1. The lowest BCUT2D eigenvalue weighted by molar-refractivity contribution is 0.290. The first-order chi connectivity index (χ1) is 10.2. The van der Waals surface area contributed by atoms with Crippen LogP contribution in [0.1, 0.15) is 42.1 Å². The lowest BCUT2D eigenvalue weighted by atomic mass is 10.1. The van der Waals surface area contributed by atoms with Gasteiger partial charge in [0.05, 0.1) is 0 Å². The molecule has 2 N–H and O–H groups in total. The third-order valence-corrected chi connectivity index (χ3v) is 3.52. The molecule has 0 saturated carbocycles. The number of aryl methyl sites for hydroxylation is 2. The molecular weight excluding hydrogens is 260 g/mol. The van der Waals surface area contributed by atoms with Crippen LogP contribution in [-0.4, -0.2) is 4.98 Å². The van der Waals surface area contributed by atoms with Crippen molar-refractivity contribution in [1.29, 1.82) is 0 Å². The Balaban J connectivity index is 1.98. The average Bonchev–Trinajstić information content (AvgIpc) is 2.52. The van der Waals surface area contributed by atoms with Crippen molar-refractivity contribution in [1.82, 2.24) is 4.98 Å². The first-order valence-electron chi connectivity index (χ1n) is 7.60. The minimum absolute atomic E-state index is 0.443. The SMILES string of the molecule is CCCCc1ccc(COc2nc(C)ccc2CN)cc1. The third-order valence-electron chi connectivity index (χ3n) is 3.52. The molecule has 21 heavy (non-hydrogen) atoms. The van der Waals surface area contributed by atoms with Gasteiger partial charge in [0.1, 0.15) is 6.61 Å². The summed E-state index contributed by atoms with van der Waals surface area (Å²) in [4.78, 5) is 4.41. The fourth-order valence-electron chi connectivity index (χ4n) is 2.18. The van der Waals surface area contributed by atoms with Crippen molar-refractivity contribution >= 4 is 0 Å². The normalized spacial score (nSPS) is 10.6. The van der Waals surface area contributed by atoms with E-state index in [-0.39, 0.29) is 0 Å². The van der Waals surface area contributed by atoms with E-state index in [1.165, 1.54) is 18.4 Å². The van der Waals surface area contributed by atoms with E-state index >= 15 is 0 Å². The summed E-state index contributed by atoms with van der Waals surface area (Å²) in [6, 6.07) is 12.6. The van der Waals surface area contributed by atoms with Gasteiger partial charge in [0.25, 0.3) is 0 Å². The first-order valence-corrected chi connectivity index (χ1v) is 7.60. The molecule has 0 fully saturated rings. The molecule has 1 aromatic carbocycles. The van der Waals surface area contributed by atoms with Gasteiger partial charge in [0.15, 0.2) is 0 Å². The maximum Gasteiger partial charge on any atom is 0.218 e. The van der Waals surface area contributed by atoms with Crippen LogP contribution in [0.3, 0.4) is 0 Å². The van der Waals surface area contributed by atoms with Gasteiger partial charge < -0.3 is 10.5 Å². The lowest BCUT2D eigenvalue weighted by Crippen LogP contribution is -2.05. The van der Waals surface area contributed by atoms with Gasteiger partial charge in [-0.15, -0.1) is 0 Å². The van der Waals surface area contributed by atoms with Crippen molar-refractivity contribution in [2.24, 2.45) is 5.73 Å². The molecule has 112 valence electrons. The predicted octanol–water partition coefficient (Wildman–Crippen LogP) is 3.77. The number of hydrogen-bond acceptors (Lipinski definition) is 3. The molecule has 1 heterocycles. The molecule has 2 rings (SSSR count). The second-order valence-electron chi connectivity index (χ2n) is 5.33. The van der Waals surface area contributed by atoms with Crippen LogP contribution in [0, 0.1) is 6.92 Å². The summed E-state index contributed by atoms with van der Waals surface area (Å²) in [7, 11) is 0. The standard InChI is InChI=1S/C18H24N2O/c1-3-4-5-15-7-9-16(10-8-15)13-21-18-17(12-19)11-6-14(2)20-18/h6-11H,3-5,12-13,19H2,1-2H3.